The number of aromatic nitrogens is 4. The van der Waals surface area contributed by atoms with Gasteiger partial charge in [0.25, 0.3) is 0 Å². The van der Waals surface area contributed by atoms with Crippen molar-refractivity contribution in [1.82, 2.24) is 19.5 Å². The van der Waals surface area contributed by atoms with E-state index in [1.807, 2.05) is 19.1 Å². The molecule has 2 N–H and O–H groups in total. The van der Waals surface area contributed by atoms with Crippen LogP contribution >= 0.6 is 11.6 Å². The SMILES string of the molecule is Cc1ccc([S@](=O)C[C@H](CF)OCn2cnc3c(Cl)nc(N)nc32)cc1. The first-order chi connectivity index (χ1) is 12.5. The lowest BCUT2D eigenvalue weighted by molar-refractivity contribution is 0.00865. The summed E-state index contributed by atoms with van der Waals surface area (Å²) in [6.45, 7) is 1.16. The molecule has 2 heterocycles. The van der Waals surface area contributed by atoms with Crippen LogP contribution in [0.5, 0.6) is 0 Å². The van der Waals surface area contributed by atoms with E-state index in [0.29, 0.717) is 16.1 Å². The van der Waals surface area contributed by atoms with Crippen molar-refractivity contribution in [3.8, 4) is 0 Å². The molecule has 7 nitrogen and oxygen atoms in total. The summed E-state index contributed by atoms with van der Waals surface area (Å²) < 4.78 is 32.8. The highest BCUT2D eigenvalue weighted by Crippen LogP contribution is 2.20. The summed E-state index contributed by atoms with van der Waals surface area (Å²) in [6.07, 6.45) is 0.626. The molecule has 0 radical (unpaired) electrons. The number of alkyl halides is 1. The van der Waals surface area contributed by atoms with Crippen LogP contribution in [0.25, 0.3) is 11.2 Å². The Labute approximate surface area is 156 Å². The number of anilines is 1. The monoisotopic (exact) mass is 397 g/mol. The van der Waals surface area contributed by atoms with Crippen molar-refractivity contribution < 1.29 is 13.3 Å². The minimum absolute atomic E-state index is 0.00627. The minimum atomic E-state index is -1.36. The second kappa shape index (κ2) is 8.07. The number of nitrogens with zero attached hydrogens (tertiary/aromatic N) is 4. The number of rotatable bonds is 7. The lowest BCUT2D eigenvalue weighted by Gasteiger charge is -2.15. The largest absolute Gasteiger partial charge is 0.368 e. The smallest absolute Gasteiger partial charge is 0.223 e. The Morgan fingerprint density at radius 2 is 2.08 bits per heavy atom. The van der Waals surface area contributed by atoms with Crippen molar-refractivity contribution >= 4 is 39.5 Å². The molecule has 0 spiro atoms. The lowest BCUT2D eigenvalue weighted by Crippen LogP contribution is -2.24. The first-order valence-electron chi connectivity index (χ1n) is 7.74. The third-order valence-electron chi connectivity index (χ3n) is 3.68. The van der Waals surface area contributed by atoms with Crippen molar-refractivity contribution in [3.05, 3.63) is 41.3 Å². The van der Waals surface area contributed by atoms with Crippen LogP contribution in [0.1, 0.15) is 5.56 Å². The molecule has 0 unspecified atom stereocenters. The Hall–Kier alpha value is -2.10. The number of benzene rings is 1. The normalized spacial score (nSPS) is 13.8. The molecule has 0 saturated carbocycles. The van der Waals surface area contributed by atoms with Gasteiger partial charge in [-0.15, -0.1) is 0 Å². The molecule has 0 aliphatic carbocycles. The Balaban J connectivity index is 1.67. The van der Waals surface area contributed by atoms with Gasteiger partial charge in [0.15, 0.2) is 10.8 Å². The summed E-state index contributed by atoms with van der Waals surface area (Å²) in [7, 11) is -1.36. The van der Waals surface area contributed by atoms with E-state index in [2.05, 4.69) is 15.0 Å². The van der Waals surface area contributed by atoms with Gasteiger partial charge in [0.1, 0.15) is 18.9 Å². The molecule has 10 heteroatoms. The number of imidazole rings is 1. The van der Waals surface area contributed by atoms with Gasteiger partial charge in [-0.25, -0.2) is 9.37 Å². The number of nitrogen functional groups attached to an aromatic ring is 1. The number of aryl methyl sites for hydroxylation is 1. The standard InChI is InChI=1S/C16H17ClFN5O2S/c1-10-2-4-12(5-3-10)26(24)7-11(6-18)25-9-23-8-20-13-14(17)21-16(19)22-15(13)23/h2-5,8,11H,6-7,9H2,1H3,(H2,19,21,22)/t11-,26+/m0/s1. The molecule has 1 aromatic carbocycles. The molecule has 26 heavy (non-hydrogen) atoms. The van der Waals surface area contributed by atoms with Gasteiger partial charge in [0.05, 0.1) is 29.0 Å². The van der Waals surface area contributed by atoms with Gasteiger partial charge in [0, 0.05) is 4.90 Å². The maximum Gasteiger partial charge on any atom is 0.223 e. The van der Waals surface area contributed by atoms with E-state index in [9.17, 15) is 8.60 Å². The van der Waals surface area contributed by atoms with Crippen LogP contribution in [-0.4, -0.2) is 42.3 Å². The van der Waals surface area contributed by atoms with Crippen molar-refractivity contribution in [2.75, 3.05) is 18.2 Å². The molecule has 2 atom stereocenters. The Kier molecular flexibility index (Phi) is 5.80. The summed E-state index contributed by atoms with van der Waals surface area (Å²) in [5.74, 6) is 0.0520. The fraction of sp³-hybridized carbons (Fsp3) is 0.312. The fourth-order valence-electron chi connectivity index (χ4n) is 2.30. The predicted molar refractivity (Wildman–Crippen MR) is 98.0 cm³/mol. The second-order valence-corrected chi connectivity index (χ2v) is 7.51. The van der Waals surface area contributed by atoms with E-state index in [0.717, 1.165) is 5.56 Å². The third-order valence-corrected chi connectivity index (χ3v) is 5.42. The molecular formula is C16H17ClFN5O2S. The zero-order valence-electron chi connectivity index (χ0n) is 13.9. The molecule has 0 fully saturated rings. The maximum atomic E-state index is 13.3. The van der Waals surface area contributed by atoms with Gasteiger partial charge < -0.3 is 10.5 Å². The predicted octanol–water partition coefficient (Wildman–Crippen LogP) is 2.49. The van der Waals surface area contributed by atoms with Crippen LogP contribution in [0.15, 0.2) is 35.5 Å². The van der Waals surface area contributed by atoms with Gasteiger partial charge in [-0.05, 0) is 19.1 Å². The lowest BCUT2D eigenvalue weighted by atomic mass is 10.2. The number of fused-ring (bicyclic) bond motifs is 1. The topological polar surface area (TPSA) is 95.9 Å². The quantitative estimate of drug-likeness (QED) is 0.615. The number of hydrogen-bond acceptors (Lipinski definition) is 6. The minimum Gasteiger partial charge on any atom is -0.368 e. The zero-order valence-corrected chi connectivity index (χ0v) is 15.5. The molecule has 0 aliphatic heterocycles. The highest BCUT2D eigenvalue weighted by Gasteiger charge is 2.17. The maximum absolute atomic E-state index is 13.3. The first kappa shape index (κ1) is 18.7. The van der Waals surface area contributed by atoms with Crippen LogP contribution in [0.2, 0.25) is 5.15 Å². The Morgan fingerprint density at radius 1 is 1.35 bits per heavy atom. The van der Waals surface area contributed by atoms with Gasteiger partial charge >= 0.3 is 0 Å². The number of nitrogens with two attached hydrogens (primary N) is 1. The van der Waals surface area contributed by atoms with Gasteiger partial charge in [-0.3, -0.25) is 8.78 Å². The average molecular weight is 398 g/mol. The molecule has 3 aromatic rings. The first-order valence-corrected chi connectivity index (χ1v) is 9.44. The Morgan fingerprint density at radius 3 is 2.77 bits per heavy atom. The van der Waals surface area contributed by atoms with Crippen LogP contribution < -0.4 is 5.73 Å². The fourth-order valence-corrected chi connectivity index (χ4v) is 3.67. The van der Waals surface area contributed by atoms with Crippen LogP contribution in [0, 0.1) is 6.92 Å². The molecule has 3 rings (SSSR count). The zero-order chi connectivity index (χ0) is 18.7. The highest BCUT2D eigenvalue weighted by molar-refractivity contribution is 7.85. The molecule has 0 aliphatic rings. The summed E-state index contributed by atoms with van der Waals surface area (Å²) in [5, 5.41) is 0.133. The van der Waals surface area contributed by atoms with E-state index in [1.54, 1.807) is 12.1 Å². The molecular weight excluding hydrogens is 381 g/mol. The number of halogens is 2. The van der Waals surface area contributed by atoms with Gasteiger partial charge in [0.2, 0.25) is 5.95 Å². The van der Waals surface area contributed by atoms with Crippen LogP contribution in [0.3, 0.4) is 0 Å². The summed E-state index contributed by atoms with van der Waals surface area (Å²) in [4.78, 5) is 12.6. The highest BCUT2D eigenvalue weighted by atomic mass is 35.5. The molecule has 138 valence electrons. The van der Waals surface area contributed by atoms with Gasteiger partial charge in [-0.1, -0.05) is 29.3 Å². The van der Waals surface area contributed by atoms with Crippen molar-refractivity contribution in [1.29, 1.82) is 0 Å². The number of ether oxygens (including phenoxy) is 1. The molecule has 0 saturated heterocycles. The van der Waals surface area contributed by atoms with Crippen LogP contribution in [0.4, 0.5) is 10.3 Å². The van der Waals surface area contributed by atoms with Gasteiger partial charge in [-0.2, -0.15) is 9.97 Å². The summed E-state index contributed by atoms with van der Waals surface area (Å²) in [6, 6.07) is 7.27. The van der Waals surface area contributed by atoms with E-state index >= 15 is 0 Å². The molecule has 2 aromatic heterocycles. The average Bonchev–Trinajstić information content (AvgIpc) is 3.02. The van der Waals surface area contributed by atoms with E-state index in [-0.39, 0.29) is 23.6 Å². The van der Waals surface area contributed by atoms with E-state index in [4.69, 9.17) is 22.1 Å². The molecule has 0 bridgehead atoms. The van der Waals surface area contributed by atoms with Crippen molar-refractivity contribution in [3.63, 3.8) is 0 Å². The van der Waals surface area contributed by atoms with Crippen LogP contribution in [-0.2, 0) is 22.3 Å². The molecule has 0 amide bonds. The van der Waals surface area contributed by atoms with E-state index in [1.165, 1.54) is 10.9 Å². The second-order valence-electron chi connectivity index (χ2n) is 5.66. The third kappa shape index (κ3) is 4.17. The summed E-state index contributed by atoms with van der Waals surface area (Å²) >= 11 is 5.97. The number of hydrogen-bond donors (Lipinski definition) is 1. The Bertz CT molecular complexity index is 934. The van der Waals surface area contributed by atoms with Crippen molar-refractivity contribution in [2.24, 2.45) is 0 Å². The van der Waals surface area contributed by atoms with Crippen molar-refractivity contribution in [2.45, 2.75) is 24.7 Å². The summed E-state index contributed by atoms with van der Waals surface area (Å²) in [5.41, 5.74) is 7.42. The van der Waals surface area contributed by atoms with E-state index < -0.39 is 23.6 Å².